The Bertz CT molecular complexity index is 510. The van der Waals surface area contributed by atoms with E-state index in [4.69, 9.17) is 4.74 Å². The van der Waals surface area contributed by atoms with Crippen molar-refractivity contribution in [3.8, 4) is 5.75 Å². The van der Waals surface area contributed by atoms with Gasteiger partial charge in [0.15, 0.2) is 0 Å². The Morgan fingerprint density at radius 2 is 2.21 bits per heavy atom. The lowest BCUT2D eigenvalue weighted by Crippen LogP contribution is -2.56. The minimum absolute atomic E-state index is 0.392. The SMILES string of the molecule is COc1ccc2c(c1)CC(NC1CC1)(C(=O)O)CC2. The van der Waals surface area contributed by atoms with E-state index in [1.54, 1.807) is 7.11 Å². The molecule has 1 fully saturated rings. The first-order valence-electron chi connectivity index (χ1n) is 6.80. The number of carboxylic acids is 1. The van der Waals surface area contributed by atoms with Gasteiger partial charge in [0.25, 0.3) is 0 Å². The second-order valence-electron chi connectivity index (χ2n) is 5.62. The summed E-state index contributed by atoms with van der Waals surface area (Å²) in [5, 5.41) is 13.0. The van der Waals surface area contributed by atoms with Gasteiger partial charge in [-0.25, -0.2) is 0 Å². The third-order valence-electron chi connectivity index (χ3n) is 4.19. The summed E-state index contributed by atoms with van der Waals surface area (Å²) in [7, 11) is 1.64. The zero-order chi connectivity index (χ0) is 13.5. The Hall–Kier alpha value is -1.55. The van der Waals surface area contributed by atoms with Crippen molar-refractivity contribution in [1.29, 1.82) is 0 Å². The van der Waals surface area contributed by atoms with E-state index in [0.29, 0.717) is 18.9 Å². The van der Waals surface area contributed by atoms with Crippen LogP contribution >= 0.6 is 0 Å². The molecule has 0 saturated heterocycles. The number of hydrogen-bond acceptors (Lipinski definition) is 3. The van der Waals surface area contributed by atoms with Gasteiger partial charge in [-0.05, 0) is 48.9 Å². The third-order valence-corrected chi connectivity index (χ3v) is 4.19. The zero-order valence-electron chi connectivity index (χ0n) is 11.1. The van der Waals surface area contributed by atoms with Gasteiger partial charge in [-0.2, -0.15) is 0 Å². The predicted molar refractivity (Wildman–Crippen MR) is 71.5 cm³/mol. The molecular weight excluding hydrogens is 242 g/mol. The normalized spacial score (nSPS) is 25.7. The molecule has 0 heterocycles. The van der Waals surface area contributed by atoms with Crippen LogP contribution in [0.25, 0.3) is 0 Å². The van der Waals surface area contributed by atoms with Gasteiger partial charge in [0.05, 0.1) is 7.11 Å². The molecular formula is C15H19NO3. The molecule has 1 saturated carbocycles. The molecule has 2 N–H and O–H groups in total. The van der Waals surface area contributed by atoms with Gasteiger partial charge in [0.1, 0.15) is 11.3 Å². The average molecular weight is 261 g/mol. The summed E-state index contributed by atoms with van der Waals surface area (Å²) < 4.78 is 5.23. The fourth-order valence-electron chi connectivity index (χ4n) is 2.89. The molecule has 4 heteroatoms. The number of benzene rings is 1. The number of aliphatic carboxylic acids is 1. The topological polar surface area (TPSA) is 58.6 Å². The highest BCUT2D eigenvalue weighted by atomic mass is 16.5. The molecule has 3 rings (SSSR count). The van der Waals surface area contributed by atoms with Crippen molar-refractivity contribution in [1.82, 2.24) is 5.32 Å². The number of nitrogens with one attached hydrogen (secondary N) is 1. The van der Waals surface area contributed by atoms with E-state index in [1.165, 1.54) is 5.56 Å². The van der Waals surface area contributed by atoms with E-state index in [2.05, 4.69) is 11.4 Å². The Morgan fingerprint density at radius 1 is 1.42 bits per heavy atom. The summed E-state index contributed by atoms with van der Waals surface area (Å²) >= 11 is 0. The molecule has 1 aromatic carbocycles. The highest BCUT2D eigenvalue weighted by Gasteiger charge is 2.44. The lowest BCUT2D eigenvalue weighted by molar-refractivity contribution is -0.145. The van der Waals surface area contributed by atoms with Gasteiger partial charge in [-0.15, -0.1) is 0 Å². The molecule has 0 radical (unpaired) electrons. The van der Waals surface area contributed by atoms with Crippen molar-refractivity contribution in [3.05, 3.63) is 29.3 Å². The van der Waals surface area contributed by atoms with E-state index in [1.807, 2.05) is 12.1 Å². The summed E-state index contributed by atoms with van der Waals surface area (Å²) in [6, 6.07) is 6.36. The molecule has 102 valence electrons. The highest BCUT2D eigenvalue weighted by Crippen LogP contribution is 2.34. The van der Waals surface area contributed by atoms with Crippen LogP contribution in [0.4, 0.5) is 0 Å². The molecule has 0 bridgehead atoms. The fourth-order valence-corrected chi connectivity index (χ4v) is 2.89. The van der Waals surface area contributed by atoms with Crippen molar-refractivity contribution >= 4 is 5.97 Å². The molecule has 2 aliphatic carbocycles. The Labute approximate surface area is 112 Å². The molecule has 0 aliphatic heterocycles. The summed E-state index contributed by atoms with van der Waals surface area (Å²) in [5.74, 6) is 0.0687. The van der Waals surface area contributed by atoms with Crippen LogP contribution in [0, 0.1) is 0 Å². The van der Waals surface area contributed by atoms with Crippen LogP contribution in [0.5, 0.6) is 5.75 Å². The maximum absolute atomic E-state index is 11.7. The van der Waals surface area contributed by atoms with Crippen molar-refractivity contribution in [2.45, 2.75) is 43.7 Å². The standard InChI is InChI=1S/C15H19NO3/c1-19-13-5-2-10-6-7-15(14(17)18,9-11(10)8-13)16-12-3-4-12/h2,5,8,12,16H,3-4,6-7,9H2,1H3,(H,17,18). The largest absolute Gasteiger partial charge is 0.497 e. The summed E-state index contributed by atoms with van der Waals surface area (Å²) in [4.78, 5) is 11.7. The number of hydrogen-bond donors (Lipinski definition) is 2. The van der Waals surface area contributed by atoms with E-state index < -0.39 is 11.5 Å². The van der Waals surface area contributed by atoms with Gasteiger partial charge in [-0.1, -0.05) is 6.07 Å². The van der Waals surface area contributed by atoms with E-state index in [0.717, 1.165) is 30.6 Å². The van der Waals surface area contributed by atoms with Gasteiger partial charge in [0, 0.05) is 12.5 Å². The van der Waals surface area contributed by atoms with Gasteiger partial charge >= 0.3 is 5.97 Å². The van der Waals surface area contributed by atoms with Crippen molar-refractivity contribution in [2.75, 3.05) is 7.11 Å². The highest BCUT2D eigenvalue weighted by molar-refractivity contribution is 5.80. The lowest BCUT2D eigenvalue weighted by atomic mass is 9.77. The number of carboxylic acid groups (broad SMARTS) is 1. The maximum Gasteiger partial charge on any atom is 0.324 e. The first-order chi connectivity index (χ1) is 9.13. The Balaban J connectivity index is 1.90. The van der Waals surface area contributed by atoms with Crippen LogP contribution in [0.2, 0.25) is 0 Å². The molecule has 4 nitrogen and oxygen atoms in total. The van der Waals surface area contributed by atoms with E-state index in [9.17, 15) is 9.90 Å². The molecule has 1 atom stereocenters. The average Bonchev–Trinajstić information content (AvgIpc) is 3.21. The van der Waals surface area contributed by atoms with Crippen LogP contribution in [-0.2, 0) is 17.6 Å². The number of carbonyl (C=O) groups is 1. The molecule has 2 aliphatic rings. The monoisotopic (exact) mass is 261 g/mol. The second kappa shape index (κ2) is 4.53. The number of methoxy groups -OCH3 is 1. The van der Waals surface area contributed by atoms with Crippen molar-refractivity contribution < 1.29 is 14.6 Å². The second-order valence-corrected chi connectivity index (χ2v) is 5.62. The Morgan fingerprint density at radius 3 is 2.84 bits per heavy atom. The van der Waals surface area contributed by atoms with Crippen LogP contribution in [0.15, 0.2) is 18.2 Å². The Kier molecular flexibility index (Phi) is 2.97. The van der Waals surface area contributed by atoms with Crippen molar-refractivity contribution in [3.63, 3.8) is 0 Å². The first-order valence-corrected chi connectivity index (χ1v) is 6.80. The van der Waals surface area contributed by atoms with E-state index in [-0.39, 0.29) is 0 Å². The van der Waals surface area contributed by atoms with Gasteiger partial charge < -0.3 is 9.84 Å². The molecule has 0 amide bonds. The lowest BCUT2D eigenvalue weighted by Gasteiger charge is -2.35. The first kappa shape index (κ1) is 12.5. The van der Waals surface area contributed by atoms with Crippen LogP contribution in [-0.4, -0.2) is 29.8 Å². The number of fused-ring (bicyclic) bond motifs is 1. The van der Waals surface area contributed by atoms with Gasteiger partial charge in [-0.3, -0.25) is 10.1 Å². The fraction of sp³-hybridized carbons (Fsp3) is 0.533. The molecule has 0 aromatic heterocycles. The zero-order valence-corrected chi connectivity index (χ0v) is 11.1. The minimum Gasteiger partial charge on any atom is -0.497 e. The maximum atomic E-state index is 11.7. The van der Waals surface area contributed by atoms with Crippen LogP contribution in [0.3, 0.4) is 0 Å². The molecule has 19 heavy (non-hydrogen) atoms. The minimum atomic E-state index is -0.791. The van der Waals surface area contributed by atoms with Crippen molar-refractivity contribution in [2.24, 2.45) is 0 Å². The summed E-state index contributed by atoms with van der Waals surface area (Å²) in [6.45, 7) is 0. The predicted octanol–water partition coefficient (Wildman–Crippen LogP) is 1.76. The number of aryl methyl sites for hydroxylation is 1. The smallest absolute Gasteiger partial charge is 0.324 e. The van der Waals surface area contributed by atoms with Gasteiger partial charge in [0.2, 0.25) is 0 Å². The quantitative estimate of drug-likeness (QED) is 0.867. The number of ether oxygens (including phenoxy) is 1. The summed E-state index contributed by atoms with van der Waals surface area (Å²) in [5.41, 5.74) is 1.55. The van der Waals surface area contributed by atoms with Crippen LogP contribution < -0.4 is 10.1 Å². The van der Waals surface area contributed by atoms with Crippen LogP contribution in [0.1, 0.15) is 30.4 Å². The third kappa shape index (κ3) is 2.32. The van der Waals surface area contributed by atoms with E-state index >= 15 is 0 Å². The number of rotatable bonds is 4. The molecule has 1 aromatic rings. The molecule has 0 spiro atoms. The molecule has 1 unspecified atom stereocenters. The summed E-state index contributed by atoms with van der Waals surface area (Å²) in [6.07, 6.45) is 4.22.